The van der Waals surface area contributed by atoms with Crippen molar-refractivity contribution in [3.63, 3.8) is 0 Å². The fourth-order valence-electron chi connectivity index (χ4n) is 5.06. The normalized spacial score (nSPS) is 15.1. The van der Waals surface area contributed by atoms with Gasteiger partial charge in [-0.2, -0.15) is 0 Å². The molecule has 5 rings (SSSR count). The van der Waals surface area contributed by atoms with E-state index < -0.39 is 0 Å². The molecule has 0 unspecified atom stereocenters. The van der Waals surface area contributed by atoms with Gasteiger partial charge in [-0.15, -0.1) is 0 Å². The second kappa shape index (κ2) is 10.6. The van der Waals surface area contributed by atoms with E-state index in [1.165, 1.54) is 48.5 Å². The van der Waals surface area contributed by atoms with Crippen LogP contribution in [0.5, 0.6) is 0 Å². The monoisotopic (exact) mass is 490 g/mol. The van der Waals surface area contributed by atoms with E-state index in [2.05, 4.69) is 9.80 Å². The topological polar surface area (TPSA) is 6.48 Å². The van der Waals surface area contributed by atoms with Crippen LogP contribution in [-0.2, 0) is 0 Å². The molecule has 0 N–H and O–H groups in total. The number of hydrogen-bond donors (Lipinski definition) is 0. The standard InChI is InChI=1S/C30H26F4N2/c31-25-9-1-21(2-10-25)29(22-3-11-26(32)12-4-22)35-17-19-36(20-18-35)30(23-5-13-27(33)14-6-23)24-7-15-28(34)16-8-24/h1-16,29-30H,17-20H2. The van der Waals surface area contributed by atoms with Crippen molar-refractivity contribution in [3.05, 3.63) is 143 Å². The molecule has 6 heteroatoms. The first-order valence-electron chi connectivity index (χ1n) is 12.0. The number of hydrogen-bond acceptors (Lipinski definition) is 2. The summed E-state index contributed by atoms with van der Waals surface area (Å²) in [5, 5.41) is 0. The fraction of sp³-hybridized carbons (Fsp3) is 0.200. The lowest BCUT2D eigenvalue weighted by Gasteiger charge is -2.43. The van der Waals surface area contributed by atoms with Crippen LogP contribution in [-0.4, -0.2) is 36.0 Å². The van der Waals surface area contributed by atoms with E-state index in [0.29, 0.717) is 26.2 Å². The minimum atomic E-state index is -0.303. The molecule has 36 heavy (non-hydrogen) atoms. The third-order valence-electron chi connectivity index (χ3n) is 6.82. The summed E-state index contributed by atoms with van der Waals surface area (Å²) in [6.45, 7) is 2.83. The van der Waals surface area contributed by atoms with Gasteiger partial charge in [-0.05, 0) is 70.8 Å². The third-order valence-corrected chi connectivity index (χ3v) is 6.82. The second-order valence-electron chi connectivity index (χ2n) is 9.08. The van der Waals surface area contributed by atoms with Gasteiger partial charge in [-0.1, -0.05) is 48.5 Å². The predicted molar refractivity (Wildman–Crippen MR) is 132 cm³/mol. The zero-order chi connectivity index (χ0) is 25.1. The first-order chi connectivity index (χ1) is 17.5. The Morgan fingerprint density at radius 3 is 0.750 bits per heavy atom. The third kappa shape index (κ3) is 5.35. The Hall–Kier alpha value is -3.48. The Morgan fingerprint density at radius 1 is 0.361 bits per heavy atom. The molecule has 1 saturated heterocycles. The van der Waals surface area contributed by atoms with Gasteiger partial charge in [-0.3, -0.25) is 9.80 Å². The highest BCUT2D eigenvalue weighted by Crippen LogP contribution is 2.34. The summed E-state index contributed by atoms with van der Waals surface area (Å²) < 4.78 is 54.6. The molecule has 4 aromatic rings. The van der Waals surface area contributed by atoms with Crippen LogP contribution in [0.4, 0.5) is 17.6 Å². The maximum Gasteiger partial charge on any atom is 0.123 e. The Bertz CT molecular complexity index is 1070. The van der Waals surface area contributed by atoms with Crippen molar-refractivity contribution < 1.29 is 17.6 Å². The highest BCUT2D eigenvalue weighted by Gasteiger charge is 2.31. The lowest BCUT2D eigenvalue weighted by atomic mass is 9.94. The lowest BCUT2D eigenvalue weighted by Crippen LogP contribution is -2.49. The molecule has 0 bridgehead atoms. The molecular formula is C30H26F4N2. The van der Waals surface area contributed by atoms with E-state index in [1.54, 1.807) is 48.5 Å². The van der Waals surface area contributed by atoms with E-state index in [0.717, 1.165) is 22.3 Å². The molecule has 184 valence electrons. The lowest BCUT2D eigenvalue weighted by molar-refractivity contribution is 0.0898. The zero-order valence-corrected chi connectivity index (χ0v) is 19.6. The molecule has 0 spiro atoms. The maximum absolute atomic E-state index is 13.6. The number of piperazine rings is 1. The van der Waals surface area contributed by atoms with E-state index >= 15 is 0 Å². The quantitative estimate of drug-likeness (QED) is 0.276. The van der Waals surface area contributed by atoms with Crippen molar-refractivity contribution in [2.45, 2.75) is 12.1 Å². The van der Waals surface area contributed by atoms with Gasteiger partial charge in [0.25, 0.3) is 0 Å². The summed E-state index contributed by atoms with van der Waals surface area (Å²) in [5.74, 6) is -1.21. The molecule has 0 saturated carbocycles. The highest BCUT2D eigenvalue weighted by atomic mass is 19.1. The fourth-order valence-corrected chi connectivity index (χ4v) is 5.06. The molecule has 4 aromatic carbocycles. The number of halogens is 4. The molecule has 0 amide bonds. The molecule has 1 aliphatic heterocycles. The zero-order valence-electron chi connectivity index (χ0n) is 19.6. The molecule has 0 aromatic heterocycles. The maximum atomic E-state index is 13.6. The molecule has 0 radical (unpaired) electrons. The van der Waals surface area contributed by atoms with Crippen LogP contribution in [0.3, 0.4) is 0 Å². The van der Waals surface area contributed by atoms with Gasteiger partial charge in [0.05, 0.1) is 12.1 Å². The Balaban J connectivity index is 1.42. The molecule has 1 aliphatic rings. The van der Waals surface area contributed by atoms with Gasteiger partial charge in [0, 0.05) is 26.2 Å². The summed E-state index contributed by atoms with van der Waals surface area (Å²) in [7, 11) is 0. The molecule has 1 fully saturated rings. The van der Waals surface area contributed by atoms with Crippen LogP contribution >= 0.6 is 0 Å². The summed E-state index contributed by atoms with van der Waals surface area (Å²) in [5.41, 5.74) is 3.74. The summed E-state index contributed by atoms with van der Waals surface area (Å²) in [4.78, 5) is 4.62. The summed E-state index contributed by atoms with van der Waals surface area (Å²) in [6, 6.07) is 25.5. The molecular weight excluding hydrogens is 464 g/mol. The second-order valence-corrected chi connectivity index (χ2v) is 9.08. The smallest absolute Gasteiger partial charge is 0.123 e. The van der Waals surface area contributed by atoms with Crippen molar-refractivity contribution in [2.75, 3.05) is 26.2 Å². The molecule has 0 atom stereocenters. The van der Waals surface area contributed by atoms with Gasteiger partial charge in [0.2, 0.25) is 0 Å². The van der Waals surface area contributed by atoms with E-state index in [4.69, 9.17) is 0 Å². The van der Waals surface area contributed by atoms with Crippen LogP contribution in [0.15, 0.2) is 97.1 Å². The van der Waals surface area contributed by atoms with Crippen LogP contribution in [0.1, 0.15) is 34.3 Å². The van der Waals surface area contributed by atoms with Gasteiger partial charge >= 0.3 is 0 Å². The van der Waals surface area contributed by atoms with Crippen molar-refractivity contribution in [1.29, 1.82) is 0 Å². The van der Waals surface area contributed by atoms with E-state index in [-0.39, 0.29) is 35.4 Å². The van der Waals surface area contributed by atoms with Crippen LogP contribution in [0, 0.1) is 23.3 Å². The summed E-state index contributed by atoms with van der Waals surface area (Å²) >= 11 is 0. The minimum absolute atomic E-state index is 0.150. The molecule has 1 heterocycles. The van der Waals surface area contributed by atoms with Crippen molar-refractivity contribution in [2.24, 2.45) is 0 Å². The van der Waals surface area contributed by atoms with Gasteiger partial charge in [-0.25, -0.2) is 17.6 Å². The average Bonchev–Trinajstić information content (AvgIpc) is 2.90. The number of nitrogens with zero attached hydrogens (tertiary/aromatic N) is 2. The predicted octanol–water partition coefficient (Wildman–Crippen LogP) is 6.74. The summed E-state index contributed by atoms with van der Waals surface area (Å²) in [6.07, 6.45) is 0. The Labute approximate surface area is 208 Å². The van der Waals surface area contributed by atoms with E-state index in [9.17, 15) is 17.6 Å². The SMILES string of the molecule is Fc1ccc(C(c2ccc(F)cc2)N2CCN(C(c3ccc(F)cc3)c3ccc(F)cc3)CC2)cc1. The molecule has 2 nitrogen and oxygen atoms in total. The van der Waals surface area contributed by atoms with E-state index in [1.807, 2.05) is 0 Å². The van der Waals surface area contributed by atoms with Crippen molar-refractivity contribution in [1.82, 2.24) is 9.80 Å². The van der Waals surface area contributed by atoms with Crippen molar-refractivity contribution in [3.8, 4) is 0 Å². The largest absolute Gasteiger partial charge is 0.290 e. The first-order valence-corrected chi connectivity index (χ1v) is 12.0. The van der Waals surface area contributed by atoms with Gasteiger partial charge in [0.15, 0.2) is 0 Å². The van der Waals surface area contributed by atoms with Crippen LogP contribution in [0.2, 0.25) is 0 Å². The first kappa shape index (κ1) is 24.2. The van der Waals surface area contributed by atoms with Gasteiger partial charge < -0.3 is 0 Å². The molecule has 0 aliphatic carbocycles. The van der Waals surface area contributed by atoms with Gasteiger partial charge in [0.1, 0.15) is 23.3 Å². The highest BCUT2D eigenvalue weighted by molar-refractivity contribution is 5.34. The van der Waals surface area contributed by atoms with Crippen molar-refractivity contribution >= 4 is 0 Å². The Morgan fingerprint density at radius 2 is 0.556 bits per heavy atom. The number of benzene rings is 4. The van der Waals surface area contributed by atoms with Crippen LogP contribution in [0.25, 0.3) is 0 Å². The Kier molecular flexibility index (Phi) is 7.16. The number of rotatable bonds is 6. The average molecular weight is 491 g/mol. The van der Waals surface area contributed by atoms with Crippen LogP contribution < -0.4 is 0 Å². The minimum Gasteiger partial charge on any atom is -0.290 e.